The Balaban J connectivity index is 0.000000227. The Morgan fingerprint density at radius 3 is 2.44 bits per heavy atom. The maximum absolute atomic E-state index is 12.3. The topological polar surface area (TPSA) is 141 Å². The van der Waals surface area contributed by atoms with Gasteiger partial charge in [0.2, 0.25) is 0 Å². The lowest BCUT2D eigenvalue weighted by Gasteiger charge is -2.04. The van der Waals surface area contributed by atoms with Gasteiger partial charge < -0.3 is 20.1 Å². The number of benzene rings is 1. The largest absolute Gasteiger partial charge is 0.504 e. The van der Waals surface area contributed by atoms with E-state index in [-0.39, 0.29) is 32.2 Å². The molecule has 2 heterocycles. The van der Waals surface area contributed by atoms with Crippen molar-refractivity contribution in [2.24, 2.45) is 0 Å². The van der Waals surface area contributed by atoms with Crippen molar-refractivity contribution in [2.45, 2.75) is 6.18 Å². The first kappa shape index (κ1) is 24.2. The van der Waals surface area contributed by atoms with E-state index in [1.165, 1.54) is 37.5 Å². The molecule has 1 aromatic carbocycles. The summed E-state index contributed by atoms with van der Waals surface area (Å²) in [6.45, 7) is 0. The first-order chi connectivity index (χ1) is 15.0. The molecule has 0 spiro atoms. The molecule has 2 aromatic heterocycles. The van der Waals surface area contributed by atoms with Gasteiger partial charge in [0, 0.05) is 6.20 Å². The Hall–Kier alpha value is -4.11. The molecule has 166 valence electrons. The number of carboxylic acid groups (broad SMARTS) is 2. The zero-order chi connectivity index (χ0) is 24.1. The number of aromatic hydroxyl groups is 1. The second-order valence-electron chi connectivity index (χ2n) is 5.93. The van der Waals surface area contributed by atoms with Crippen LogP contribution in [0.1, 0.15) is 20.8 Å². The maximum atomic E-state index is 12.3. The molecule has 32 heavy (non-hydrogen) atoms. The van der Waals surface area contributed by atoms with Crippen LogP contribution in [0.15, 0.2) is 42.1 Å². The predicted molar refractivity (Wildman–Crippen MR) is 107 cm³/mol. The zero-order valence-corrected chi connectivity index (χ0v) is 16.9. The number of phenolic OH excluding ortho intramolecular Hbond substituents is 1. The van der Waals surface area contributed by atoms with Crippen LogP contribution in [0.25, 0.3) is 16.3 Å². The number of carbonyl (C=O) groups is 2. The van der Waals surface area contributed by atoms with Gasteiger partial charge in [0.05, 0.1) is 22.9 Å². The number of carboxylic acids is 2. The van der Waals surface area contributed by atoms with E-state index in [2.05, 4.69) is 4.98 Å². The standard InChI is InChI=1S/C11H9NO4.C9H4F3NO2S/c1-16-10-5-7(2-3-9(10)13)4-8(6-12)11(14)15;10-9(11,12)4-1-6-5(13-3-4)2-7(16-6)8(14)15/h2-5,13H,1H3,(H,14,15);1-3H,(H,14,15). The Kier molecular flexibility index (Phi) is 7.40. The molecule has 12 heteroatoms. The normalized spacial score (nSPS) is 11.3. The number of nitrogens with zero attached hydrogens (tertiary/aromatic N) is 2. The number of nitriles is 1. The Bertz CT molecular complexity index is 1240. The number of rotatable bonds is 4. The monoisotopic (exact) mass is 466 g/mol. The van der Waals surface area contributed by atoms with Crippen molar-refractivity contribution in [2.75, 3.05) is 7.11 Å². The quantitative estimate of drug-likeness (QED) is 0.379. The van der Waals surface area contributed by atoms with Crippen molar-refractivity contribution in [1.29, 1.82) is 5.26 Å². The average molecular weight is 466 g/mol. The minimum Gasteiger partial charge on any atom is -0.504 e. The summed E-state index contributed by atoms with van der Waals surface area (Å²) in [7, 11) is 1.38. The maximum Gasteiger partial charge on any atom is 0.417 e. The molecule has 0 aliphatic heterocycles. The van der Waals surface area contributed by atoms with E-state index < -0.39 is 23.7 Å². The first-order valence-corrected chi connectivity index (χ1v) is 9.20. The van der Waals surface area contributed by atoms with Crippen LogP contribution < -0.4 is 4.74 Å². The lowest BCUT2D eigenvalue weighted by Crippen LogP contribution is -2.04. The molecule has 0 amide bonds. The number of halogens is 3. The number of aromatic carboxylic acids is 1. The highest BCUT2D eigenvalue weighted by atomic mass is 32.1. The van der Waals surface area contributed by atoms with Crippen LogP contribution >= 0.6 is 11.3 Å². The molecule has 0 aliphatic rings. The van der Waals surface area contributed by atoms with Crippen LogP contribution in [0.5, 0.6) is 11.5 Å². The second-order valence-corrected chi connectivity index (χ2v) is 7.01. The van der Waals surface area contributed by atoms with Crippen molar-refractivity contribution >= 4 is 39.6 Å². The first-order valence-electron chi connectivity index (χ1n) is 8.38. The van der Waals surface area contributed by atoms with E-state index in [4.69, 9.17) is 20.2 Å². The highest BCUT2D eigenvalue weighted by molar-refractivity contribution is 7.20. The van der Waals surface area contributed by atoms with Crippen LogP contribution in [0.2, 0.25) is 0 Å². The van der Waals surface area contributed by atoms with Gasteiger partial charge >= 0.3 is 18.1 Å². The third kappa shape index (κ3) is 5.96. The second kappa shape index (κ2) is 9.80. The molecule has 0 atom stereocenters. The van der Waals surface area contributed by atoms with Crippen LogP contribution in [0, 0.1) is 11.3 Å². The average Bonchev–Trinajstić information content (AvgIpc) is 3.16. The number of pyridine rings is 1. The van der Waals surface area contributed by atoms with Gasteiger partial charge in [0.25, 0.3) is 0 Å². The lowest BCUT2D eigenvalue weighted by atomic mass is 10.1. The summed E-state index contributed by atoms with van der Waals surface area (Å²) < 4.78 is 42.1. The summed E-state index contributed by atoms with van der Waals surface area (Å²) in [4.78, 5) is 24.7. The molecule has 3 rings (SSSR count). The van der Waals surface area contributed by atoms with Gasteiger partial charge in [-0.25, -0.2) is 9.59 Å². The Labute approximate surface area is 182 Å². The third-order valence-corrected chi connectivity index (χ3v) is 4.83. The van der Waals surface area contributed by atoms with Crippen molar-refractivity contribution in [1.82, 2.24) is 4.98 Å². The molecule has 0 saturated heterocycles. The molecular weight excluding hydrogens is 453 g/mol. The van der Waals surface area contributed by atoms with E-state index in [0.717, 1.165) is 17.4 Å². The van der Waals surface area contributed by atoms with E-state index in [0.29, 0.717) is 11.8 Å². The van der Waals surface area contributed by atoms with Gasteiger partial charge in [-0.05, 0) is 35.9 Å². The van der Waals surface area contributed by atoms with E-state index in [1.807, 2.05) is 0 Å². The summed E-state index contributed by atoms with van der Waals surface area (Å²) in [6.07, 6.45) is -2.57. The van der Waals surface area contributed by atoms with Crippen LogP contribution in [-0.4, -0.2) is 39.4 Å². The number of hydrogen-bond acceptors (Lipinski definition) is 7. The van der Waals surface area contributed by atoms with E-state index in [9.17, 15) is 27.9 Å². The number of fused-ring (bicyclic) bond motifs is 1. The van der Waals surface area contributed by atoms with Crippen molar-refractivity contribution in [3.05, 3.63) is 58.1 Å². The number of aliphatic carboxylic acids is 1. The SMILES string of the molecule is COc1cc(C=C(C#N)C(=O)O)ccc1O.O=C(O)c1cc2ncc(C(F)(F)F)cc2s1. The summed E-state index contributed by atoms with van der Waals surface area (Å²) in [6, 6.07) is 8.00. The molecule has 3 N–H and O–H groups in total. The van der Waals surface area contributed by atoms with Gasteiger partial charge in [-0.15, -0.1) is 11.3 Å². The van der Waals surface area contributed by atoms with Crippen LogP contribution in [-0.2, 0) is 11.0 Å². The number of alkyl halides is 3. The van der Waals surface area contributed by atoms with E-state index >= 15 is 0 Å². The summed E-state index contributed by atoms with van der Waals surface area (Å²) in [5, 5.41) is 35.2. The van der Waals surface area contributed by atoms with Gasteiger partial charge in [-0.1, -0.05) is 6.07 Å². The number of thiophene rings is 1. The minimum atomic E-state index is -4.46. The van der Waals surface area contributed by atoms with Crippen LogP contribution in [0.3, 0.4) is 0 Å². The molecule has 0 aliphatic carbocycles. The smallest absolute Gasteiger partial charge is 0.417 e. The minimum absolute atomic E-state index is 0.0261. The number of hydrogen-bond donors (Lipinski definition) is 3. The van der Waals surface area contributed by atoms with Gasteiger partial charge in [0.1, 0.15) is 16.5 Å². The summed E-state index contributed by atoms with van der Waals surface area (Å²) in [5.41, 5.74) is -0.532. The molecular formula is C20H13F3N2O6S. The highest BCUT2D eigenvalue weighted by Crippen LogP contribution is 2.33. The summed E-state index contributed by atoms with van der Waals surface area (Å²) in [5.74, 6) is -2.30. The zero-order valence-electron chi connectivity index (χ0n) is 16.0. The molecule has 8 nitrogen and oxygen atoms in total. The van der Waals surface area contributed by atoms with Gasteiger partial charge in [0.15, 0.2) is 11.5 Å². The molecule has 0 bridgehead atoms. The Morgan fingerprint density at radius 2 is 1.91 bits per heavy atom. The number of phenols is 1. The number of ether oxygens (including phenoxy) is 1. The number of aromatic nitrogens is 1. The fourth-order valence-electron chi connectivity index (χ4n) is 2.27. The molecule has 3 aromatic rings. The lowest BCUT2D eigenvalue weighted by molar-refractivity contribution is -0.137. The van der Waals surface area contributed by atoms with Gasteiger partial charge in [-0.3, -0.25) is 4.98 Å². The highest BCUT2D eigenvalue weighted by Gasteiger charge is 2.31. The third-order valence-electron chi connectivity index (χ3n) is 3.77. The van der Waals surface area contributed by atoms with Crippen LogP contribution in [0.4, 0.5) is 13.2 Å². The fraction of sp³-hybridized carbons (Fsp3) is 0.100. The molecule has 0 fully saturated rings. The van der Waals surface area contributed by atoms with Crippen molar-refractivity contribution in [3.63, 3.8) is 0 Å². The van der Waals surface area contributed by atoms with Gasteiger partial charge in [-0.2, -0.15) is 18.4 Å². The number of methoxy groups -OCH3 is 1. The molecule has 0 saturated carbocycles. The predicted octanol–water partition coefficient (Wildman–Crippen LogP) is 4.41. The summed E-state index contributed by atoms with van der Waals surface area (Å²) >= 11 is 0.774. The molecule has 0 radical (unpaired) electrons. The van der Waals surface area contributed by atoms with Crippen molar-refractivity contribution < 1.29 is 42.8 Å². The Morgan fingerprint density at radius 1 is 1.22 bits per heavy atom. The molecule has 0 unspecified atom stereocenters. The fourth-order valence-corrected chi connectivity index (χ4v) is 3.17. The van der Waals surface area contributed by atoms with E-state index in [1.54, 1.807) is 6.07 Å². The van der Waals surface area contributed by atoms with Crippen molar-refractivity contribution in [3.8, 4) is 17.6 Å².